The molecule has 0 bridgehead atoms. The minimum absolute atomic E-state index is 0.329. The van der Waals surface area contributed by atoms with Gasteiger partial charge >= 0.3 is 5.97 Å². The van der Waals surface area contributed by atoms with Crippen molar-refractivity contribution in [3.63, 3.8) is 0 Å². The van der Waals surface area contributed by atoms with Crippen LogP contribution in [0.1, 0.15) is 35.3 Å². The lowest BCUT2D eigenvalue weighted by molar-refractivity contribution is 0.0527. The molecule has 2 aromatic carbocycles. The number of aryl methyl sites for hydroxylation is 2. The molecule has 4 heteroatoms. The Morgan fingerprint density at radius 2 is 1.88 bits per heavy atom. The van der Waals surface area contributed by atoms with Gasteiger partial charge in [-0.2, -0.15) is 0 Å². The van der Waals surface area contributed by atoms with Crippen LogP contribution in [0, 0.1) is 6.92 Å². The Balaban J connectivity index is 2.12. The monoisotopic (exact) mass is 334 g/mol. The number of hydrogen-bond donors (Lipinski definition) is 1. The van der Waals surface area contributed by atoms with Gasteiger partial charge in [-0.1, -0.05) is 37.3 Å². The summed E-state index contributed by atoms with van der Waals surface area (Å²) in [5.41, 5.74) is 5.32. The van der Waals surface area contributed by atoms with Crippen LogP contribution in [0.4, 0.5) is 11.4 Å². The highest BCUT2D eigenvalue weighted by molar-refractivity contribution is 6.06. The molecule has 128 valence electrons. The summed E-state index contributed by atoms with van der Waals surface area (Å²) >= 11 is 0. The quantitative estimate of drug-likeness (QED) is 0.665. The average molecular weight is 334 g/mol. The van der Waals surface area contributed by atoms with E-state index >= 15 is 0 Å². The molecule has 0 aliphatic carbocycles. The van der Waals surface area contributed by atoms with Crippen LogP contribution in [0.2, 0.25) is 0 Å². The Labute approximate surface area is 147 Å². The van der Waals surface area contributed by atoms with E-state index < -0.39 is 0 Å². The van der Waals surface area contributed by atoms with Crippen LogP contribution in [0.3, 0.4) is 0 Å². The molecule has 4 nitrogen and oxygen atoms in total. The average Bonchev–Trinajstić information content (AvgIpc) is 2.63. The van der Waals surface area contributed by atoms with E-state index in [2.05, 4.69) is 29.4 Å². The molecule has 0 aliphatic heterocycles. The van der Waals surface area contributed by atoms with Crippen molar-refractivity contribution in [1.82, 2.24) is 4.98 Å². The van der Waals surface area contributed by atoms with Gasteiger partial charge in [-0.15, -0.1) is 0 Å². The van der Waals surface area contributed by atoms with E-state index in [1.54, 1.807) is 13.1 Å². The fourth-order valence-corrected chi connectivity index (χ4v) is 2.84. The molecule has 0 saturated heterocycles. The van der Waals surface area contributed by atoms with Crippen molar-refractivity contribution in [3.05, 3.63) is 65.4 Å². The number of carbonyl (C=O) groups excluding carboxylic acids is 1. The summed E-state index contributed by atoms with van der Waals surface area (Å²) in [4.78, 5) is 16.9. The van der Waals surface area contributed by atoms with Crippen LogP contribution >= 0.6 is 0 Å². The number of para-hydroxylation sites is 1. The fourth-order valence-electron chi connectivity index (χ4n) is 2.84. The molecule has 0 aliphatic rings. The van der Waals surface area contributed by atoms with Crippen molar-refractivity contribution < 1.29 is 9.53 Å². The highest BCUT2D eigenvalue weighted by atomic mass is 16.5. The van der Waals surface area contributed by atoms with Crippen LogP contribution in [0.5, 0.6) is 0 Å². The molecular weight excluding hydrogens is 312 g/mol. The van der Waals surface area contributed by atoms with E-state index in [-0.39, 0.29) is 5.97 Å². The summed E-state index contributed by atoms with van der Waals surface area (Å²) < 4.78 is 5.20. The minimum atomic E-state index is -0.369. The molecule has 0 spiro atoms. The molecule has 3 rings (SSSR count). The second-order valence-corrected chi connectivity index (χ2v) is 5.91. The SMILES string of the molecule is CCOC(=O)c1cnc2c(C)cccc2c1Nc1ccc(CC)cc1. The predicted molar refractivity (Wildman–Crippen MR) is 102 cm³/mol. The Kier molecular flexibility index (Phi) is 4.98. The summed E-state index contributed by atoms with van der Waals surface area (Å²) in [6, 6.07) is 14.2. The summed E-state index contributed by atoms with van der Waals surface area (Å²) in [5.74, 6) is -0.369. The smallest absolute Gasteiger partial charge is 0.341 e. The number of esters is 1. The lowest BCUT2D eigenvalue weighted by Gasteiger charge is -2.15. The lowest BCUT2D eigenvalue weighted by atomic mass is 10.1. The maximum atomic E-state index is 12.4. The molecular formula is C21H22N2O2. The normalized spacial score (nSPS) is 10.7. The first kappa shape index (κ1) is 17.0. The van der Waals surface area contributed by atoms with Gasteiger partial charge < -0.3 is 10.1 Å². The van der Waals surface area contributed by atoms with Crippen molar-refractivity contribution in [1.29, 1.82) is 0 Å². The molecule has 0 atom stereocenters. The summed E-state index contributed by atoms with van der Waals surface area (Å²) in [6.45, 7) is 6.27. The Morgan fingerprint density at radius 1 is 1.12 bits per heavy atom. The number of fused-ring (bicyclic) bond motifs is 1. The van der Waals surface area contributed by atoms with Crippen molar-refractivity contribution >= 4 is 28.2 Å². The molecule has 0 fully saturated rings. The molecule has 1 heterocycles. The van der Waals surface area contributed by atoms with Crippen LogP contribution in [0.25, 0.3) is 10.9 Å². The molecule has 1 aromatic heterocycles. The summed E-state index contributed by atoms with van der Waals surface area (Å²) in [5, 5.41) is 4.30. The topological polar surface area (TPSA) is 51.2 Å². The molecule has 1 N–H and O–H groups in total. The van der Waals surface area contributed by atoms with E-state index in [0.717, 1.165) is 34.3 Å². The van der Waals surface area contributed by atoms with Crippen LogP contribution in [-0.2, 0) is 11.2 Å². The van der Waals surface area contributed by atoms with Crippen LogP contribution < -0.4 is 5.32 Å². The highest BCUT2D eigenvalue weighted by Crippen LogP contribution is 2.31. The zero-order chi connectivity index (χ0) is 17.8. The van der Waals surface area contributed by atoms with E-state index in [1.165, 1.54) is 5.56 Å². The number of carbonyl (C=O) groups is 1. The maximum Gasteiger partial charge on any atom is 0.341 e. The number of anilines is 2. The zero-order valence-corrected chi connectivity index (χ0v) is 14.8. The number of ether oxygens (including phenoxy) is 1. The van der Waals surface area contributed by atoms with Crippen molar-refractivity contribution in [2.75, 3.05) is 11.9 Å². The molecule has 0 amide bonds. The second kappa shape index (κ2) is 7.34. The number of nitrogens with one attached hydrogen (secondary N) is 1. The van der Waals surface area contributed by atoms with Gasteiger partial charge in [0.2, 0.25) is 0 Å². The third-order valence-corrected chi connectivity index (χ3v) is 4.23. The maximum absolute atomic E-state index is 12.4. The summed E-state index contributed by atoms with van der Waals surface area (Å²) in [7, 11) is 0. The predicted octanol–water partition coefficient (Wildman–Crippen LogP) is 5.03. The standard InChI is InChI=1S/C21H22N2O2/c1-4-15-9-11-16(12-10-15)23-20-17-8-6-7-14(3)19(17)22-13-18(20)21(24)25-5-2/h6-13H,4-5H2,1-3H3,(H,22,23). The van der Waals surface area contributed by atoms with Gasteiger partial charge in [0.1, 0.15) is 5.56 Å². The van der Waals surface area contributed by atoms with Crippen molar-refractivity contribution in [3.8, 4) is 0 Å². The molecule has 0 unspecified atom stereocenters. The Bertz CT molecular complexity index is 902. The van der Waals surface area contributed by atoms with Gasteiger partial charge in [-0.25, -0.2) is 4.79 Å². The number of hydrogen-bond acceptors (Lipinski definition) is 4. The molecule has 0 radical (unpaired) electrons. The first-order chi connectivity index (χ1) is 12.1. The van der Waals surface area contributed by atoms with Crippen molar-refractivity contribution in [2.24, 2.45) is 0 Å². The highest BCUT2D eigenvalue weighted by Gasteiger charge is 2.17. The number of nitrogens with zero attached hydrogens (tertiary/aromatic N) is 1. The third kappa shape index (κ3) is 3.48. The lowest BCUT2D eigenvalue weighted by Crippen LogP contribution is -2.09. The van der Waals surface area contributed by atoms with Crippen molar-refractivity contribution in [2.45, 2.75) is 27.2 Å². The van der Waals surface area contributed by atoms with E-state index in [0.29, 0.717) is 12.2 Å². The number of rotatable bonds is 5. The van der Waals surface area contributed by atoms with Gasteiger partial charge in [0.25, 0.3) is 0 Å². The molecule has 25 heavy (non-hydrogen) atoms. The van der Waals surface area contributed by atoms with E-state index in [9.17, 15) is 4.79 Å². The first-order valence-electron chi connectivity index (χ1n) is 8.55. The molecule has 3 aromatic rings. The minimum Gasteiger partial charge on any atom is -0.462 e. The largest absolute Gasteiger partial charge is 0.462 e. The van der Waals surface area contributed by atoms with Gasteiger partial charge in [-0.3, -0.25) is 4.98 Å². The van der Waals surface area contributed by atoms with Gasteiger partial charge in [0.15, 0.2) is 0 Å². The van der Waals surface area contributed by atoms with Gasteiger partial charge in [0.05, 0.1) is 17.8 Å². The Morgan fingerprint density at radius 3 is 2.56 bits per heavy atom. The zero-order valence-electron chi connectivity index (χ0n) is 14.8. The first-order valence-corrected chi connectivity index (χ1v) is 8.55. The fraction of sp³-hybridized carbons (Fsp3) is 0.238. The van der Waals surface area contributed by atoms with Crippen LogP contribution in [-0.4, -0.2) is 17.6 Å². The number of benzene rings is 2. The van der Waals surface area contributed by atoms with Gasteiger partial charge in [-0.05, 0) is 43.5 Å². The Hall–Kier alpha value is -2.88. The second-order valence-electron chi connectivity index (χ2n) is 5.91. The van der Waals surface area contributed by atoms with Gasteiger partial charge in [0, 0.05) is 17.3 Å². The number of pyridine rings is 1. The van der Waals surface area contributed by atoms with E-state index in [1.807, 2.05) is 37.3 Å². The number of aromatic nitrogens is 1. The van der Waals surface area contributed by atoms with Crippen LogP contribution in [0.15, 0.2) is 48.7 Å². The summed E-state index contributed by atoms with van der Waals surface area (Å²) in [6.07, 6.45) is 2.59. The third-order valence-electron chi connectivity index (χ3n) is 4.23. The molecule has 0 saturated carbocycles. The van der Waals surface area contributed by atoms with E-state index in [4.69, 9.17) is 4.74 Å².